The molecular weight excluding hydrogens is 424 g/mol. The number of anilines is 2. The highest BCUT2D eigenvalue weighted by Gasteiger charge is 2.20. The summed E-state index contributed by atoms with van der Waals surface area (Å²) < 4.78 is 1.02. The van der Waals surface area contributed by atoms with Crippen LogP contribution in [0.2, 0.25) is 0 Å². The lowest BCUT2D eigenvalue weighted by atomic mass is 10.1. The van der Waals surface area contributed by atoms with Crippen LogP contribution in [0, 0.1) is 6.92 Å². The molecule has 9 heteroatoms. The van der Waals surface area contributed by atoms with Gasteiger partial charge >= 0.3 is 0 Å². The summed E-state index contributed by atoms with van der Waals surface area (Å²) in [6.45, 7) is 3.50. The SMILES string of the molecule is Cc1cc(C(=O)N2CCSCC2)ccc1NC(=O)c1cc2sc(N(C)C)nc2s1. The third-order valence-electron chi connectivity index (χ3n) is 4.70. The molecule has 1 aliphatic heterocycles. The van der Waals surface area contributed by atoms with E-state index >= 15 is 0 Å². The lowest BCUT2D eigenvalue weighted by Gasteiger charge is -2.26. The number of hydrogen-bond donors (Lipinski definition) is 1. The molecule has 1 aromatic carbocycles. The molecule has 29 heavy (non-hydrogen) atoms. The predicted octanol–water partition coefficient (Wildman–Crippen LogP) is 4.17. The van der Waals surface area contributed by atoms with Crippen molar-refractivity contribution in [2.45, 2.75) is 6.92 Å². The molecule has 1 N–H and O–H groups in total. The molecule has 0 bridgehead atoms. The Balaban J connectivity index is 1.48. The molecule has 0 radical (unpaired) electrons. The minimum Gasteiger partial charge on any atom is -0.354 e. The minimum absolute atomic E-state index is 0.0625. The van der Waals surface area contributed by atoms with Crippen LogP contribution in [-0.4, -0.2) is 60.4 Å². The molecule has 0 saturated carbocycles. The number of aromatic nitrogens is 1. The Hall–Kier alpha value is -2.10. The summed E-state index contributed by atoms with van der Waals surface area (Å²) in [5, 5.41) is 3.90. The molecule has 2 amide bonds. The van der Waals surface area contributed by atoms with Crippen LogP contribution in [0.1, 0.15) is 25.6 Å². The number of nitrogens with one attached hydrogen (secondary N) is 1. The van der Waals surface area contributed by atoms with Crippen LogP contribution < -0.4 is 10.2 Å². The number of thiophene rings is 1. The quantitative estimate of drug-likeness (QED) is 0.652. The van der Waals surface area contributed by atoms with E-state index < -0.39 is 0 Å². The third-order valence-corrected chi connectivity index (χ3v) is 7.97. The van der Waals surface area contributed by atoms with Gasteiger partial charge in [-0.1, -0.05) is 11.3 Å². The molecule has 152 valence electrons. The molecule has 1 fully saturated rings. The number of carbonyl (C=O) groups excluding carboxylic acids is 2. The van der Waals surface area contributed by atoms with Crippen molar-refractivity contribution in [3.05, 3.63) is 40.3 Å². The summed E-state index contributed by atoms with van der Waals surface area (Å²) >= 11 is 4.85. The first kappa shape index (κ1) is 20.2. The second-order valence-electron chi connectivity index (χ2n) is 7.06. The zero-order valence-corrected chi connectivity index (χ0v) is 19.0. The first-order chi connectivity index (χ1) is 13.9. The Morgan fingerprint density at radius 2 is 1.90 bits per heavy atom. The number of benzene rings is 1. The average molecular weight is 447 g/mol. The topological polar surface area (TPSA) is 65.5 Å². The zero-order chi connectivity index (χ0) is 20.5. The number of thioether (sulfide) groups is 1. The van der Waals surface area contributed by atoms with Crippen LogP contribution >= 0.6 is 34.4 Å². The molecule has 0 unspecified atom stereocenters. The van der Waals surface area contributed by atoms with Gasteiger partial charge in [-0.15, -0.1) is 11.3 Å². The van der Waals surface area contributed by atoms with Crippen LogP contribution in [-0.2, 0) is 0 Å². The van der Waals surface area contributed by atoms with Crippen molar-refractivity contribution in [2.24, 2.45) is 0 Å². The van der Waals surface area contributed by atoms with Gasteiger partial charge in [0.25, 0.3) is 11.8 Å². The molecule has 0 aliphatic carbocycles. The Labute approximate surface area is 181 Å². The van der Waals surface area contributed by atoms with Crippen LogP contribution in [0.4, 0.5) is 10.8 Å². The highest BCUT2D eigenvalue weighted by Crippen LogP contribution is 2.34. The maximum absolute atomic E-state index is 12.7. The smallest absolute Gasteiger partial charge is 0.265 e. The van der Waals surface area contributed by atoms with Gasteiger partial charge in [-0.2, -0.15) is 11.8 Å². The lowest BCUT2D eigenvalue weighted by Crippen LogP contribution is -2.37. The number of nitrogens with zero attached hydrogens (tertiary/aromatic N) is 3. The molecule has 0 atom stereocenters. The predicted molar refractivity (Wildman–Crippen MR) is 124 cm³/mol. The largest absolute Gasteiger partial charge is 0.354 e. The van der Waals surface area contributed by atoms with Gasteiger partial charge in [-0.3, -0.25) is 9.59 Å². The fourth-order valence-electron chi connectivity index (χ4n) is 3.10. The molecule has 1 aliphatic rings. The Morgan fingerprint density at radius 3 is 2.55 bits per heavy atom. The van der Waals surface area contributed by atoms with Crippen LogP contribution in [0.25, 0.3) is 9.53 Å². The molecule has 3 aromatic rings. The van der Waals surface area contributed by atoms with E-state index in [1.165, 1.54) is 11.3 Å². The number of rotatable bonds is 4. The van der Waals surface area contributed by atoms with Gasteiger partial charge in [-0.25, -0.2) is 4.98 Å². The molecule has 0 spiro atoms. The van der Waals surface area contributed by atoms with Gasteiger partial charge in [0.05, 0.1) is 9.58 Å². The van der Waals surface area contributed by atoms with Gasteiger partial charge in [0.2, 0.25) is 0 Å². The number of carbonyl (C=O) groups is 2. The van der Waals surface area contributed by atoms with Gasteiger partial charge < -0.3 is 15.1 Å². The summed E-state index contributed by atoms with van der Waals surface area (Å²) in [5.41, 5.74) is 2.27. The van der Waals surface area contributed by atoms with Crippen LogP contribution in [0.3, 0.4) is 0 Å². The van der Waals surface area contributed by atoms with Crippen molar-refractivity contribution in [3.8, 4) is 0 Å². The van der Waals surface area contributed by atoms with E-state index in [9.17, 15) is 9.59 Å². The summed E-state index contributed by atoms with van der Waals surface area (Å²) in [7, 11) is 3.91. The lowest BCUT2D eigenvalue weighted by molar-refractivity contribution is 0.0772. The molecule has 1 saturated heterocycles. The van der Waals surface area contributed by atoms with E-state index in [1.807, 2.05) is 60.8 Å². The van der Waals surface area contributed by atoms with E-state index in [0.717, 1.165) is 50.5 Å². The number of hydrogen-bond acceptors (Lipinski definition) is 7. The van der Waals surface area contributed by atoms with Crippen molar-refractivity contribution >= 4 is 66.6 Å². The number of aryl methyl sites for hydroxylation is 1. The second kappa shape index (κ2) is 8.33. The van der Waals surface area contributed by atoms with Gasteiger partial charge in [0.15, 0.2) is 5.13 Å². The van der Waals surface area contributed by atoms with Crippen molar-refractivity contribution in [1.82, 2.24) is 9.88 Å². The molecule has 4 rings (SSSR count). The first-order valence-electron chi connectivity index (χ1n) is 9.29. The Bertz CT molecular complexity index is 1040. The van der Waals surface area contributed by atoms with Gasteiger partial charge in [0.1, 0.15) is 4.83 Å². The van der Waals surface area contributed by atoms with Crippen molar-refractivity contribution in [1.29, 1.82) is 0 Å². The Morgan fingerprint density at radius 1 is 1.14 bits per heavy atom. The monoisotopic (exact) mass is 446 g/mol. The van der Waals surface area contributed by atoms with Crippen molar-refractivity contribution < 1.29 is 9.59 Å². The fraction of sp³-hybridized carbons (Fsp3) is 0.350. The van der Waals surface area contributed by atoms with E-state index in [4.69, 9.17) is 0 Å². The molecular formula is C20H22N4O2S3. The summed E-state index contributed by atoms with van der Waals surface area (Å²) in [6, 6.07) is 7.36. The average Bonchev–Trinajstić information content (AvgIpc) is 3.29. The summed E-state index contributed by atoms with van der Waals surface area (Å²) in [4.78, 5) is 35.3. The van der Waals surface area contributed by atoms with Crippen LogP contribution in [0.5, 0.6) is 0 Å². The van der Waals surface area contributed by atoms with Crippen molar-refractivity contribution in [3.63, 3.8) is 0 Å². The van der Waals surface area contributed by atoms with E-state index in [1.54, 1.807) is 17.4 Å². The minimum atomic E-state index is -0.151. The fourth-order valence-corrected chi connectivity index (χ4v) is 6.03. The third kappa shape index (κ3) is 4.26. The van der Waals surface area contributed by atoms with E-state index in [0.29, 0.717) is 10.4 Å². The number of fused-ring (bicyclic) bond motifs is 1. The summed E-state index contributed by atoms with van der Waals surface area (Å²) in [6.07, 6.45) is 0. The van der Waals surface area contributed by atoms with E-state index in [-0.39, 0.29) is 11.8 Å². The number of amides is 2. The molecule has 6 nitrogen and oxygen atoms in total. The summed E-state index contributed by atoms with van der Waals surface area (Å²) in [5.74, 6) is 1.89. The number of thiazole rings is 1. The van der Waals surface area contributed by atoms with Gasteiger partial charge in [-0.05, 0) is 36.8 Å². The maximum atomic E-state index is 12.7. The Kier molecular flexibility index (Phi) is 5.80. The van der Waals surface area contributed by atoms with Crippen LogP contribution in [0.15, 0.2) is 24.3 Å². The standard InChI is InChI=1S/C20H22N4O2S3/c1-12-10-13(19(26)24-6-8-27-9-7-24)4-5-14(12)21-17(25)15-11-16-18(28-15)22-20(29-16)23(2)3/h4-5,10-11H,6-9H2,1-3H3,(H,21,25). The normalized spacial score (nSPS) is 14.2. The first-order valence-corrected chi connectivity index (χ1v) is 12.1. The zero-order valence-electron chi connectivity index (χ0n) is 16.5. The maximum Gasteiger partial charge on any atom is 0.265 e. The molecule has 2 aromatic heterocycles. The molecule has 3 heterocycles. The van der Waals surface area contributed by atoms with E-state index in [2.05, 4.69) is 10.3 Å². The highest BCUT2D eigenvalue weighted by atomic mass is 32.2. The highest BCUT2D eigenvalue weighted by molar-refractivity contribution is 7.99. The second-order valence-corrected chi connectivity index (χ2v) is 10.3. The van der Waals surface area contributed by atoms with Gasteiger partial charge in [0, 0.05) is 49.9 Å². The van der Waals surface area contributed by atoms with Crippen molar-refractivity contribution in [2.75, 3.05) is 48.9 Å².